The van der Waals surface area contributed by atoms with E-state index in [-0.39, 0.29) is 11.4 Å². The molecule has 5 nitrogen and oxygen atoms in total. The molecule has 0 bridgehead atoms. The first-order chi connectivity index (χ1) is 11.5. The smallest absolute Gasteiger partial charge is 0.319 e. The normalized spacial score (nSPS) is 13.2. The summed E-state index contributed by atoms with van der Waals surface area (Å²) >= 11 is 0. The molecule has 1 aliphatic heterocycles. The van der Waals surface area contributed by atoms with Crippen molar-refractivity contribution in [2.24, 2.45) is 0 Å². The van der Waals surface area contributed by atoms with Crippen LogP contribution in [0.25, 0.3) is 0 Å². The highest BCUT2D eigenvalue weighted by atomic mass is 16.6. The highest BCUT2D eigenvalue weighted by Gasteiger charge is 2.24. The van der Waals surface area contributed by atoms with Gasteiger partial charge >= 0.3 is 6.03 Å². The number of carbonyl (C=O) groups is 1. The minimum atomic E-state index is -0.232. The number of amides is 2. The molecule has 0 radical (unpaired) electrons. The number of nitrogens with one attached hydrogen (secondary N) is 2. The standard InChI is InChI=1S/C19H22N2O3/c1-19(2,13-20-18(22)21-15-6-4-3-5-7-15)14-8-9-16-17(12-14)24-11-10-23-16/h3-9,12H,10-11,13H2,1-2H3,(H2,20,21,22). The predicted molar refractivity (Wildman–Crippen MR) is 93.9 cm³/mol. The van der Waals surface area contributed by atoms with Gasteiger partial charge in [0.05, 0.1) is 0 Å². The third kappa shape index (κ3) is 3.79. The number of urea groups is 1. The van der Waals surface area contributed by atoms with Crippen molar-refractivity contribution in [2.45, 2.75) is 19.3 Å². The molecular formula is C19H22N2O3. The molecule has 5 heteroatoms. The average Bonchev–Trinajstić information content (AvgIpc) is 2.60. The van der Waals surface area contributed by atoms with E-state index in [0.29, 0.717) is 19.8 Å². The van der Waals surface area contributed by atoms with Gasteiger partial charge in [0.1, 0.15) is 13.2 Å². The van der Waals surface area contributed by atoms with Gasteiger partial charge in [-0.1, -0.05) is 38.1 Å². The number of carbonyl (C=O) groups excluding carboxylic acids is 1. The molecule has 126 valence electrons. The molecule has 2 aromatic carbocycles. The quantitative estimate of drug-likeness (QED) is 0.903. The van der Waals surface area contributed by atoms with Gasteiger partial charge in [-0.25, -0.2) is 4.79 Å². The summed E-state index contributed by atoms with van der Waals surface area (Å²) in [7, 11) is 0. The van der Waals surface area contributed by atoms with E-state index >= 15 is 0 Å². The average molecular weight is 326 g/mol. The predicted octanol–water partition coefficient (Wildman–Crippen LogP) is 3.56. The Bertz CT molecular complexity index is 714. The van der Waals surface area contributed by atoms with Crippen LogP contribution in [0.3, 0.4) is 0 Å². The Kier molecular flexibility index (Phi) is 4.60. The number of hydrogen-bond donors (Lipinski definition) is 2. The Morgan fingerprint density at radius 2 is 1.75 bits per heavy atom. The second kappa shape index (κ2) is 6.83. The summed E-state index contributed by atoms with van der Waals surface area (Å²) in [5.74, 6) is 1.54. The van der Waals surface area contributed by atoms with E-state index in [0.717, 1.165) is 22.7 Å². The fourth-order valence-corrected chi connectivity index (χ4v) is 2.56. The maximum atomic E-state index is 12.1. The van der Waals surface area contributed by atoms with Crippen LogP contribution < -0.4 is 20.1 Å². The van der Waals surface area contributed by atoms with Crippen molar-refractivity contribution in [3.63, 3.8) is 0 Å². The van der Waals surface area contributed by atoms with Gasteiger partial charge in [-0.15, -0.1) is 0 Å². The molecule has 1 heterocycles. The van der Waals surface area contributed by atoms with Crippen LogP contribution in [0.5, 0.6) is 11.5 Å². The summed E-state index contributed by atoms with van der Waals surface area (Å²) in [5, 5.41) is 5.75. The van der Waals surface area contributed by atoms with Crippen LogP contribution in [0.2, 0.25) is 0 Å². The number of para-hydroxylation sites is 1. The monoisotopic (exact) mass is 326 g/mol. The van der Waals surface area contributed by atoms with Crippen molar-refractivity contribution >= 4 is 11.7 Å². The van der Waals surface area contributed by atoms with Crippen molar-refractivity contribution in [1.82, 2.24) is 5.32 Å². The van der Waals surface area contributed by atoms with Gasteiger partial charge in [0.25, 0.3) is 0 Å². The molecule has 0 fully saturated rings. The number of anilines is 1. The van der Waals surface area contributed by atoms with Gasteiger partial charge in [0, 0.05) is 17.6 Å². The highest BCUT2D eigenvalue weighted by Crippen LogP contribution is 2.34. The first kappa shape index (κ1) is 16.2. The van der Waals surface area contributed by atoms with Crippen LogP contribution in [0.15, 0.2) is 48.5 Å². The Labute approximate surface area is 142 Å². The van der Waals surface area contributed by atoms with Gasteiger partial charge in [0.15, 0.2) is 11.5 Å². The zero-order valence-electron chi connectivity index (χ0n) is 14.0. The van der Waals surface area contributed by atoms with Gasteiger partial charge in [-0.3, -0.25) is 0 Å². The summed E-state index contributed by atoms with van der Waals surface area (Å²) in [6.45, 7) is 5.82. The maximum absolute atomic E-state index is 12.1. The minimum Gasteiger partial charge on any atom is -0.486 e. The zero-order chi connectivity index (χ0) is 17.0. The van der Waals surface area contributed by atoms with Gasteiger partial charge < -0.3 is 20.1 Å². The second-order valence-corrected chi connectivity index (χ2v) is 6.42. The van der Waals surface area contributed by atoms with Gasteiger partial charge in [0.2, 0.25) is 0 Å². The van der Waals surface area contributed by atoms with Crippen molar-refractivity contribution in [2.75, 3.05) is 25.1 Å². The minimum absolute atomic E-state index is 0.216. The van der Waals surface area contributed by atoms with Crippen LogP contribution in [0, 0.1) is 0 Å². The SMILES string of the molecule is CC(C)(CNC(=O)Nc1ccccc1)c1ccc2c(c1)OCCO2. The van der Waals surface area contributed by atoms with Crippen LogP contribution >= 0.6 is 0 Å². The number of hydrogen-bond acceptors (Lipinski definition) is 3. The van der Waals surface area contributed by atoms with Crippen molar-refractivity contribution < 1.29 is 14.3 Å². The Hall–Kier alpha value is -2.69. The van der Waals surface area contributed by atoms with Crippen LogP contribution in [0.1, 0.15) is 19.4 Å². The fraction of sp³-hybridized carbons (Fsp3) is 0.316. The summed E-state index contributed by atoms with van der Waals surface area (Å²) in [6, 6.07) is 15.1. The third-order valence-electron chi connectivity index (χ3n) is 4.05. The second-order valence-electron chi connectivity index (χ2n) is 6.42. The van der Waals surface area contributed by atoms with E-state index in [1.165, 1.54) is 0 Å². The molecule has 1 aliphatic rings. The number of benzene rings is 2. The topological polar surface area (TPSA) is 59.6 Å². The molecule has 0 aromatic heterocycles. The van der Waals surface area contributed by atoms with E-state index in [4.69, 9.17) is 9.47 Å². The molecular weight excluding hydrogens is 304 g/mol. The van der Waals surface area contributed by atoms with E-state index in [2.05, 4.69) is 24.5 Å². The Balaban J connectivity index is 1.62. The van der Waals surface area contributed by atoms with E-state index < -0.39 is 0 Å². The number of rotatable bonds is 4. The van der Waals surface area contributed by atoms with Gasteiger partial charge in [-0.05, 0) is 29.8 Å². The molecule has 24 heavy (non-hydrogen) atoms. The Morgan fingerprint density at radius 3 is 2.50 bits per heavy atom. The molecule has 0 spiro atoms. The highest BCUT2D eigenvalue weighted by molar-refractivity contribution is 5.89. The molecule has 2 aromatic rings. The molecule has 0 saturated carbocycles. The lowest BCUT2D eigenvalue weighted by molar-refractivity contribution is 0.171. The van der Waals surface area contributed by atoms with Gasteiger partial charge in [-0.2, -0.15) is 0 Å². The molecule has 0 unspecified atom stereocenters. The lowest BCUT2D eigenvalue weighted by Gasteiger charge is -2.27. The molecule has 0 aliphatic carbocycles. The molecule has 2 N–H and O–H groups in total. The first-order valence-corrected chi connectivity index (χ1v) is 8.05. The van der Waals surface area contributed by atoms with Crippen molar-refractivity contribution in [3.8, 4) is 11.5 Å². The largest absolute Gasteiger partial charge is 0.486 e. The zero-order valence-corrected chi connectivity index (χ0v) is 14.0. The maximum Gasteiger partial charge on any atom is 0.319 e. The molecule has 2 amide bonds. The van der Waals surface area contributed by atoms with Crippen molar-refractivity contribution in [3.05, 3.63) is 54.1 Å². The van der Waals surface area contributed by atoms with E-state index in [1.807, 2.05) is 48.5 Å². The lowest BCUT2D eigenvalue weighted by atomic mass is 9.84. The summed E-state index contributed by atoms with van der Waals surface area (Å²) in [4.78, 5) is 12.1. The lowest BCUT2D eigenvalue weighted by Crippen LogP contribution is -2.39. The van der Waals surface area contributed by atoms with E-state index in [9.17, 15) is 4.79 Å². The van der Waals surface area contributed by atoms with Crippen LogP contribution in [0.4, 0.5) is 10.5 Å². The van der Waals surface area contributed by atoms with Crippen molar-refractivity contribution in [1.29, 1.82) is 0 Å². The first-order valence-electron chi connectivity index (χ1n) is 8.05. The molecule has 3 rings (SSSR count). The van der Waals surface area contributed by atoms with Crippen LogP contribution in [-0.2, 0) is 5.41 Å². The van der Waals surface area contributed by atoms with E-state index in [1.54, 1.807) is 0 Å². The molecule has 0 saturated heterocycles. The summed E-state index contributed by atoms with van der Waals surface area (Å²) in [6.07, 6.45) is 0. The number of fused-ring (bicyclic) bond motifs is 1. The summed E-state index contributed by atoms with van der Waals surface area (Å²) < 4.78 is 11.2. The number of ether oxygens (including phenoxy) is 2. The fourth-order valence-electron chi connectivity index (χ4n) is 2.56. The summed E-state index contributed by atoms with van der Waals surface area (Å²) in [5.41, 5.74) is 1.63. The Morgan fingerprint density at radius 1 is 1.04 bits per heavy atom. The third-order valence-corrected chi connectivity index (χ3v) is 4.05. The van der Waals surface area contributed by atoms with Crippen LogP contribution in [-0.4, -0.2) is 25.8 Å². The molecule has 0 atom stereocenters.